The van der Waals surface area contributed by atoms with Crippen LogP contribution in [0.25, 0.3) is 16.6 Å². The van der Waals surface area contributed by atoms with E-state index in [1.54, 1.807) is 80.3 Å². The fourth-order valence-electron chi connectivity index (χ4n) is 4.70. The molecule has 1 atom stereocenters. The fraction of sp³-hybridized carbons (Fsp3) is 0.226. The monoisotopic (exact) mass is 537 g/mol. The summed E-state index contributed by atoms with van der Waals surface area (Å²) >= 11 is 0. The Kier molecular flexibility index (Phi) is 7.37. The number of amides is 1. The van der Waals surface area contributed by atoms with Crippen molar-refractivity contribution in [3.8, 4) is 5.69 Å². The summed E-state index contributed by atoms with van der Waals surface area (Å²) in [4.78, 5) is 43.9. The van der Waals surface area contributed by atoms with Gasteiger partial charge in [0.05, 0.1) is 22.9 Å². The maximum atomic E-state index is 14.0. The normalized spacial score (nSPS) is 12.3. The van der Waals surface area contributed by atoms with Gasteiger partial charge in [-0.05, 0) is 62.7 Å². The number of hydrogen-bond donors (Lipinski definition) is 1. The lowest BCUT2D eigenvalue weighted by molar-refractivity contribution is 0.0636. The van der Waals surface area contributed by atoms with E-state index >= 15 is 0 Å². The molecular weight excluding hydrogens is 506 g/mol. The zero-order chi connectivity index (χ0) is 28.3. The molecule has 9 heteroatoms. The van der Waals surface area contributed by atoms with Crippen molar-refractivity contribution in [3.05, 3.63) is 124 Å². The van der Waals surface area contributed by atoms with Crippen LogP contribution in [-0.2, 0) is 17.8 Å². The number of nitrogens with zero attached hydrogens (tertiary/aromatic N) is 4. The van der Waals surface area contributed by atoms with Crippen molar-refractivity contribution in [1.29, 1.82) is 0 Å². The molecule has 0 radical (unpaired) electrons. The van der Waals surface area contributed by atoms with Crippen molar-refractivity contribution in [2.45, 2.75) is 45.4 Å². The molecule has 40 heavy (non-hydrogen) atoms. The molecule has 0 fully saturated rings. The average molecular weight is 538 g/mol. The van der Waals surface area contributed by atoms with Gasteiger partial charge in [0.25, 0.3) is 5.56 Å². The third kappa shape index (κ3) is 5.88. The summed E-state index contributed by atoms with van der Waals surface area (Å²) in [5.41, 5.74) is 1.04. The molecule has 1 amide bonds. The Morgan fingerprint density at radius 1 is 0.925 bits per heavy atom. The second kappa shape index (κ2) is 11.1. The van der Waals surface area contributed by atoms with Crippen LogP contribution in [0.5, 0.6) is 0 Å². The summed E-state index contributed by atoms with van der Waals surface area (Å²) < 4.78 is 10.1. The SMILES string of the molecule is CC(C)(C)OC(=O)Nc1ccc(-n2c(=O)c3ccccc3n(CC(Cn3ccnc3)c3ccccc3)c2=O)cc1. The molecule has 9 nitrogen and oxygen atoms in total. The Hall–Kier alpha value is -4.92. The van der Waals surface area contributed by atoms with Crippen LogP contribution in [0, 0.1) is 0 Å². The third-order valence-corrected chi connectivity index (χ3v) is 6.49. The van der Waals surface area contributed by atoms with E-state index in [1.807, 2.05) is 47.2 Å². The lowest BCUT2D eigenvalue weighted by Crippen LogP contribution is -2.40. The van der Waals surface area contributed by atoms with E-state index in [2.05, 4.69) is 10.3 Å². The first-order valence-corrected chi connectivity index (χ1v) is 13.1. The molecule has 5 aromatic rings. The number of para-hydroxylation sites is 1. The van der Waals surface area contributed by atoms with E-state index in [0.717, 1.165) is 5.56 Å². The number of hydrogen-bond acceptors (Lipinski definition) is 5. The summed E-state index contributed by atoms with van der Waals surface area (Å²) in [6, 6.07) is 23.7. The first kappa shape index (κ1) is 26.7. The summed E-state index contributed by atoms with van der Waals surface area (Å²) in [5.74, 6) is -0.0668. The maximum absolute atomic E-state index is 14.0. The first-order chi connectivity index (χ1) is 19.2. The molecule has 0 aliphatic heterocycles. The second-order valence-electron chi connectivity index (χ2n) is 10.6. The number of aromatic nitrogens is 4. The first-order valence-electron chi connectivity index (χ1n) is 13.1. The largest absolute Gasteiger partial charge is 0.444 e. The van der Waals surface area contributed by atoms with Gasteiger partial charge in [-0.15, -0.1) is 0 Å². The number of anilines is 1. The zero-order valence-electron chi connectivity index (χ0n) is 22.7. The molecule has 0 saturated heterocycles. The number of rotatable bonds is 7. The van der Waals surface area contributed by atoms with Crippen LogP contribution in [0.1, 0.15) is 32.3 Å². The predicted octanol–water partition coefficient (Wildman–Crippen LogP) is 5.18. The summed E-state index contributed by atoms with van der Waals surface area (Å²) in [7, 11) is 0. The molecule has 1 N–H and O–H groups in total. The highest BCUT2D eigenvalue weighted by molar-refractivity contribution is 5.85. The van der Waals surface area contributed by atoms with E-state index in [4.69, 9.17) is 4.74 Å². The summed E-state index contributed by atoms with van der Waals surface area (Å²) in [5, 5.41) is 3.11. The Bertz CT molecular complexity index is 1730. The van der Waals surface area contributed by atoms with Crippen molar-refractivity contribution in [1.82, 2.24) is 18.7 Å². The van der Waals surface area contributed by atoms with Gasteiger partial charge in [-0.3, -0.25) is 14.7 Å². The molecule has 2 heterocycles. The Labute approximate surface area is 231 Å². The van der Waals surface area contributed by atoms with E-state index in [1.165, 1.54) is 4.57 Å². The van der Waals surface area contributed by atoms with E-state index in [9.17, 15) is 14.4 Å². The Balaban J connectivity index is 1.56. The highest BCUT2D eigenvalue weighted by Gasteiger charge is 2.20. The van der Waals surface area contributed by atoms with Gasteiger partial charge in [0.1, 0.15) is 5.60 Å². The number of ether oxygens (including phenoxy) is 1. The maximum Gasteiger partial charge on any atom is 0.412 e. The number of fused-ring (bicyclic) bond motifs is 1. The minimum Gasteiger partial charge on any atom is -0.444 e. The Morgan fingerprint density at radius 3 is 2.30 bits per heavy atom. The van der Waals surface area contributed by atoms with Crippen LogP contribution >= 0.6 is 0 Å². The van der Waals surface area contributed by atoms with Crippen molar-refractivity contribution in [2.24, 2.45) is 0 Å². The van der Waals surface area contributed by atoms with Crippen LogP contribution in [0.15, 0.2) is 107 Å². The molecular formula is C31H31N5O4. The van der Waals surface area contributed by atoms with Crippen LogP contribution < -0.4 is 16.6 Å². The minimum atomic E-state index is -0.636. The van der Waals surface area contributed by atoms with Gasteiger partial charge < -0.3 is 9.30 Å². The van der Waals surface area contributed by atoms with Gasteiger partial charge in [-0.25, -0.2) is 19.1 Å². The summed E-state index contributed by atoms with van der Waals surface area (Å²) in [6.07, 6.45) is 4.79. The molecule has 0 saturated carbocycles. The standard InChI is InChI=1S/C31H31N5O4/c1-31(2,3)40-29(38)33-24-13-15-25(16-14-24)36-28(37)26-11-7-8-12-27(26)35(30(36)39)20-23(19-34-18-17-32-21-34)22-9-5-4-6-10-22/h4-18,21,23H,19-20H2,1-3H3,(H,33,38). The van der Waals surface area contributed by atoms with Crippen LogP contribution in [0.3, 0.4) is 0 Å². The topological polar surface area (TPSA) is 100 Å². The quantitative estimate of drug-likeness (QED) is 0.308. The highest BCUT2D eigenvalue weighted by atomic mass is 16.6. The number of carbonyl (C=O) groups excluding carboxylic acids is 1. The molecule has 0 spiro atoms. The molecule has 1 unspecified atom stereocenters. The number of imidazole rings is 1. The molecule has 204 valence electrons. The lowest BCUT2D eigenvalue weighted by atomic mass is 9.98. The Morgan fingerprint density at radius 2 is 1.62 bits per heavy atom. The van der Waals surface area contributed by atoms with Gasteiger partial charge in [0.2, 0.25) is 0 Å². The molecule has 0 aliphatic rings. The van der Waals surface area contributed by atoms with Crippen molar-refractivity contribution in [2.75, 3.05) is 5.32 Å². The average Bonchev–Trinajstić information content (AvgIpc) is 3.44. The lowest BCUT2D eigenvalue weighted by Gasteiger charge is -2.22. The van der Waals surface area contributed by atoms with E-state index in [-0.39, 0.29) is 5.92 Å². The highest BCUT2D eigenvalue weighted by Crippen LogP contribution is 2.22. The predicted molar refractivity (Wildman–Crippen MR) is 155 cm³/mol. The van der Waals surface area contributed by atoms with Crippen LogP contribution in [0.4, 0.5) is 10.5 Å². The molecule has 0 bridgehead atoms. The van der Waals surface area contributed by atoms with Gasteiger partial charge in [0, 0.05) is 37.1 Å². The number of benzene rings is 3. The molecule has 2 aromatic heterocycles. The van der Waals surface area contributed by atoms with Gasteiger partial charge in [0.15, 0.2) is 0 Å². The zero-order valence-corrected chi connectivity index (χ0v) is 22.7. The van der Waals surface area contributed by atoms with E-state index < -0.39 is 22.9 Å². The van der Waals surface area contributed by atoms with Crippen LogP contribution in [0.2, 0.25) is 0 Å². The fourth-order valence-corrected chi connectivity index (χ4v) is 4.70. The third-order valence-electron chi connectivity index (χ3n) is 6.49. The smallest absolute Gasteiger partial charge is 0.412 e. The van der Waals surface area contributed by atoms with Gasteiger partial charge >= 0.3 is 11.8 Å². The van der Waals surface area contributed by atoms with Gasteiger partial charge in [-0.1, -0.05) is 42.5 Å². The second-order valence-corrected chi connectivity index (χ2v) is 10.6. The molecule has 0 aliphatic carbocycles. The number of carbonyl (C=O) groups is 1. The minimum absolute atomic E-state index is 0.0668. The van der Waals surface area contributed by atoms with Crippen molar-refractivity contribution >= 4 is 22.7 Å². The molecule has 3 aromatic carbocycles. The van der Waals surface area contributed by atoms with E-state index in [0.29, 0.717) is 35.4 Å². The van der Waals surface area contributed by atoms with Crippen LogP contribution in [-0.4, -0.2) is 30.4 Å². The molecule has 5 rings (SSSR count). The summed E-state index contributed by atoms with van der Waals surface area (Å²) in [6.45, 7) is 6.30. The van der Waals surface area contributed by atoms with Gasteiger partial charge in [-0.2, -0.15) is 0 Å². The van der Waals surface area contributed by atoms with Crippen molar-refractivity contribution in [3.63, 3.8) is 0 Å². The van der Waals surface area contributed by atoms with Crippen molar-refractivity contribution < 1.29 is 9.53 Å². The number of nitrogens with one attached hydrogen (secondary N) is 1.